The van der Waals surface area contributed by atoms with E-state index < -0.39 is 0 Å². The van der Waals surface area contributed by atoms with Gasteiger partial charge in [-0.1, -0.05) is 30.0 Å². The topological polar surface area (TPSA) is 84.7 Å². The Kier molecular flexibility index (Phi) is 4.84. The largest absolute Gasteiger partial charge is 0.416 e. The number of aromatic nitrogens is 4. The number of fused-ring (bicyclic) bond motifs is 1. The van der Waals surface area contributed by atoms with Crippen molar-refractivity contribution < 1.29 is 9.21 Å². The van der Waals surface area contributed by atoms with E-state index >= 15 is 0 Å². The maximum Gasteiger partial charge on any atom is 0.277 e. The van der Waals surface area contributed by atoms with E-state index in [1.165, 1.54) is 11.8 Å². The van der Waals surface area contributed by atoms with Gasteiger partial charge in [0.05, 0.1) is 22.4 Å². The maximum absolute atomic E-state index is 13.0. The number of hydrogen-bond donors (Lipinski definition) is 1. The summed E-state index contributed by atoms with van der Waals surface area (Å²) in [6.45, 7) is 5.75. The molecule has 0 fully saturated rings. The lowest BCUT2D eigenvalue weighted by atomic mass is 10.1. The molecule has 27 heavy (non-hydrogen) atoms. The molecule has 3 aromatic heterocycles. The average molecular weight is 399 g/mol. The Hall–Kier alpha value is -2.45. The summed E-state index contributed by atoms with van der Waals surface area (Å²) in [7, 11) is 0. The Balaban J connectivity index is 1.49. The summed E-state index contributed by atoms with van der Waals surface area (Å²) in [5, 5.41) is 12.1. The van der Waals surface area contributed by atoms with Gasteiger partial charge in [0.1, 0.15) is 0 Å². The fourth-order valence-corrected chi connectivity index (χ4v) is 4.38. The summed E-state index contributed by atoms with van der Waals surface area (Å²) in [6.07, 6.45) is 0.502. The SMILES string of the molecule is Cc1nc(Cc2nnc(SC(C)C(=O)c3c(C)[nH]c4ccccc34)o2)cs1. The van der Waals surface area contributed by atoms with Gasteiger partial charge in [0.25, 0.3) is 5.22 Å². The van der Waals surface area contributed by atoms with Crippen LogP contribution < -0.4 is 0 Å². The minimum Gasteiger partial charge on any atom is -0.416 e. The summed E-state index contributed by atoms with van der Waals surface area (Å²) >= 11 is 2.87. The Morgan fingerprint density at radius 3 is 2.89 bits per heavy atom. The number of nitrogens with zero attached hydrogens (tertiary/aromatic N) is 3. The van der Waals surface area contributed by atoms with Gasteiger partial charge < -0.3 is 9.40 Å². The zero-order valence-electron chi connectivity index (χ0n) is 15.1. The summed E-state index contributed by atoms with van der Waals surface area (Å²) in [4.78, 5) is 20.7. The fraction of sp³-hybridized carbons (Fsp3) is 0.263. The number of thiazole rings is 1. The third kappa shape index (κ3) is 3.68. The van der Waals surface area contributed by atoms with Crippen LogP contribution in [-0.4, -0.2) is 31.2 Å². The number of ketones is 1. The predicted octanol–water partition coefficient (Wildman–Crippen LogP) is 4.58. The number of thioether (sulfide) groups is 1. The van der Waals surface area contributed by atoms with Crippen molar-refractivity contribution in [3.8, 4) is 0 Å². The number of H-pyrrole nitrogens is 1. The molecule has 1 atom stereocenters. The molecule has 0 saturated heterocycles. The number of aromatic amines is 1. The highest BCUT2D eigenvalue weighted by atomic mass is 32.2. The lowest BCUT2D eigenvalue weighted by molar-refractivity contribution is 0.0994. The third-order valence-corrected chi connectivity index (χ3v) is 5.99. The first-order valence-electron chi connectivity index (χ1n) is 8.53. The first-order valence-corrected chi connectivity index (χ1v) is 10.3. The summed E-state index contributed by atoms with van der Waals surface area (Å²) < 4.78 is 5.70. The second-order valence-electron chi connectivity index (χ2n) is 6.29. The maximum atomic E-state index is 13.0. The van der Waals surface area contributed by atoms with Crippen molar-refractivity contribution in [1.82, 2.24) is 20.2 Å². The first kappa shape index (κ1) is 17.9. The predicted molar refractivity (Wildman–Crippen MR) is 107 cm³/mol. The molecule has 0 saturated carbocycles. The van der Waals surface area contributed by atoms with E-state index in [1.807, 2.05) is 50.4 Å². The molecule has 0 aliphatic rings. The molecular formula is C19H18N4O2S2. The van der Waals surface area contributed by atoms with Crippen molar-refractivity contribution in [1.29, 1.82) is 0 Å². The van der Waals surface area contributed by atoms with Gasteiger partial charge in [0.2, 0.25) is 5.89 Å². The van der Waals surface area contributed by atoms with Crippen LogP contribution >= 0.6 is 23.1 Å². The number of rotatable bonds is 6. The molecule has 4 aromatic rings. The second kappa shape index (κ2) is 7.28. The van der Waals surface area contributed by atoms with Gasteiger partial charge in [-0.15, -0.1) is 21.5 Å². The van der Waals surface area contributed by atoms with Crippen LogP contribution in [0.4, 0.5) is 0 Å². The Bertz CT molecular complexity index is 1110. The van der Waals surface area contributed by atoms with E-state index in [1.54, 1.807) is 11.3 Å². The number of para-hydroxylation sites is 1. The molecule has 0 aliphatic heterocycles. The molecule has 0 spiro atoms. The van der Waals surface area contributed by atoms with Crippen LogP contribution in [0.25, 0.3) is 10.9 Å². The molecule has 0 aliphatic carbocycles. The number of hydrogen-bond acceptors (Lipinski definition) is 7. The number of aryl methyl sites for hydroxylation is 2. The highest BCUT2D eigenvalue weighted by Crippen LogP contribution is 2.29. The van der Waals surface area contributed by atoms with Crippen molar-refractivity contribution in [2.75, 3.05) is 0 Å². The zero-order valence-corrected chi connectivity index (χ0v) is 16.8. The summed E-state index contributed by atoms with van der Waals surface area (Å²) in [5.74, 6) is 0.551. The van der Waals surface area contributed by atoms with Crippen LogP contribution in [-0.2, 0) is 6.42 Å². The van der Waals surface area contributed by atoms with Gasteiger partial charge in [0.15, 0.2) is 5.78 Å². The number of carbonyl (C=O) groups excluding carboxylic acids is 1. The van der Waals surface area contributed by atoms with Crippen LogP contribution in [0.2, 0.25) is 0 Å². The normalized spacial score (nSPS) is 12.6. The molecule has 1 unspecified atom stereocenters. The van der Waals surface area contributed by atoms with Gasteiger partial charge in [-0.3, -0.25) is 4.79 Å². The molecule has 0 radical (unpaired) electrons. The molecule has 138 valence electrons. The number of benzene rings is 1. The Morgan fingerprint density at radius 1 is 1.30 bits per heavy atom. The Labute approximate surface area is 164 Å². The van der Waals surface area contributed by atoms with E-state index in [9.17, 15) is 4.79 Å². The van der Waals surface area contributed by atoms with Gasteiger partial charge in [-0.25, -0.2) is 4.98 Å². The number of Topliss-reactive ketones (excluding diaryl/α,β-unsaturated/α-hetero) is 1. The molecule has 4 rings (SSSR count). The lowest BCUT2D eigenvalue weighted by Gasteiger charge is -2.07. The fourth-order valence-electron chi connectivity index (χ4n) is 3.00. The Morgan fingerprint density at radius 2 is 2.11 bits per heavy atom. The second-order valence-corrected chi connectivity index (χ2v) is 8.65. The monoisotopic (exact) mass is 398 g/mol. The van der Waals surface area contributed by atoms with Crippen LogP contribution in [0.1, 0.15) is 39.6 Å². The summed E-state index contributed by atoms with van der Waals surface area (Å²) in [5.41, 5.74) is 3.48. The molecule has 6 nitrogen and oxygen atoms in total. The van der Waals surface area contributed by atoms with Crippen LogP contribution in [0.5, 0.6) is 0 Å². The number of carbonyl (C=O) groups is 1. The molecule has 0 bridgehead atoms. The molecule has 3 heterocycles. The van der Waals surface area contributed by atoms with Crippen LogP contribution in [0, 0.1) is 13.8 Å². The van der Waals surface area contributed by atoms with Gasteiger partial charge >= 0.3 is 0 Å². The average Bonchev–Trinajstić information content (AvgIpc) is 3.33. The quantitative estimate of drug-likeness (QED) is 0.378. The highest BCUT2D eigenvalue weighted by Gasteiger charge is 2.24. The van der Waals surface area contributed by atoms with Gasteiger partial charge in [-0.05, 0) is 26.8 Å². The molecule has 1 N–H and O–H groups in total. The lowest BCUT2D eigenvalue weighted by Crippen LogP contribution is -2.14. The van der Waals surface area contributed by atoms with E-state index in [0.717, 1.165) is 32.9 Å². The molecular weight excluding hydrogens is 380 g/mol. The van der Waals surface area contributed by atoms with Crippen molar-refractivity contribution in [3.05, 3.63) is 57.5 Å². The van der Waals surface area contributed by atoms with Crippen molar-refractivity contribution in [3.63, 3.8) is 0 Å². The van der Waals surface area contributed by atoms with E-state index in [-0.39, 0.29) is 11.0 Å². The first-order chi connectivity index (χ1) is 13.0. The van der Waals surface area contributed by atoms with E-state index in [2.05, 4.69) is 20.2 Å². The minimum atomic E-state index is -0.335. The van der Waals surface area contributed by atoms with Crippen molar-refractivity contribution >= 4 is 39.8 Å². The van der Waals surface area contributed by atoms with Gasteiger partial charge in [0, 0.05) is 27.5 Å². The van der Waals surface area contributed by atoms with Crippen LogP contribution in [0.3, 0.4) is 0 Å². The summed E-state index contributed by atoms with van der Waals surface area (Å²) in [6, 6.07) is 7.83. The minimum absolute atomic E-state index is 0.0461. The number of nitrogens with one attached hydrogen (secondary N) is 1. The van der Waals surface area contributed by atoms with E-state index in [0.29, 0.717) is 17.5 Å². The van der Waals surface area contributed by atoms with Crippen molar-refractivity contribution in [2.24, 2.45) is 0 Å². The smallest absolute Gasteiger partial charge is 0.277 e. The third-order valence-electron chi connectivity index (χ3n) is 4.23. The standard InChI is InChI=1S/C19H18N4O2S2/c1-10-17(14-6-4-5-7-15(14)20-10)18(24)11(2)27-19-23-22-16(25-19)8-13-9-26-12(3)21-13/h4-7,9,11,20H,8H2,1-3H3. The van der Waals surface area contributed by atoms with Crippen LogP contribution in [0.15, 0.2) is 39.3 Å². The molecule has 1 aromatic carbocycles. The molecule has 0 amide bonds. The van der Waals surface area contributed by atoms with E-state index in [4.69, 9.17) is 4.42 Å². The van der Waals surface area contributed by atoms with Crippen molar-refractivity contribution in [2.45, 2.75) is 37.7 Å². The van der Waals surface area contributed by atoms with Gasteiger partial charge in [-0.2, -0.15) is 0 Å². The zero-order chi connectivity index (χ0) is 19.0. The highest BCUT2D eigenvalue weighted by molar-refractivity contribution is 8.00. The molecule has 8 heteroatoms.